The maximum absolute atomic E-state index is 9.58. The standard InChI is InChI=1S/C17H24N2S/c1-4-19-17(11-18,16-5-6-16)12-20-10-15-8-13(2)7-14(3)9-15/h7-9,16,19H,4-6,10,12H2,1-3H3. The summed E-state index contributed by atoms with van der Waals surface area (Å²) >= 11 is 1.88. The van der Waals surface area contributed by atoms with Gasteiger partial charge in [-0.15, -0.1) is 0 Å². The average molecular weight is 288 g/mol. The van der Waals surface area contributed by atoms with Crippen molar-refractivity contribution in [1.29, 1.82) is 5.26 Å². The summed E-state index contributed by atoms with van der Waals surface area (Å²) in [6, 6.07) is 9.26. The van der Waals surface area contributed by atoms with E-state index in [2.05, 4.69) is 50.4 Å². The SMILES string of the molecule is CCNC(C#N)(CSCc1cc(C)cc(C)c1)C1CC1. The number of thioether (sulfide) groups is 1. The summed E-state index contributed by atoms with van der Waals surface area (Å²) in [7, 11) is 0. The lowest BCUT2D eigenvalue weighted by Crippen LogP contribution is -2.48. The van der Waals surface area contributed by atoms with E-state index >= 15 is 0 Å². The number of hydrogen-bond donors (Lipinski definition) is 1. The quantitative estimate of drug-likeness (QED) is 0.828. The number of nitrogens with one attached hydrogen (secondary N) is 1. The van der Waals surface area contributed by atoms with Crippen LogP contribution in [0.1, 0.15) is 36.5 Å². The number of hydrogen-bond acceptors (Lipinski definition) is 3. The Morgan fingerprint density at radius 3 is 2.45 bits per heavy atom. The van der Waals surface area contributed by atoms with Crippen LogP contribution in [0, 0.1) is 31.1 Å². The minimum atomic E-state index is -0.307. The molecule has 0 spiro atoms. The number of nitrogens with zero attached hydrogens (tertiary/aromatic N) is 1. The third-order valence-corrected chi connectivity index (χ3v) is 5.04. The Kier molecular flexibility index (Phi) is 5.12. The molecule has 1 aliphatic rings. The van der Waals surface area contributed by atoms with Crippen molar-refractivity contribution in [2.45, 2.75) is 44.9 Å². The van der Waals surface area contributed by atoms with E-state index in [1.807, 2.05) is 11.8 Å². The van der Waals surface area contributed by atoms with Crippen LogP contribution in [0.5, 0.6) is 0 Å². The monoisotopic (exact) mass is 288 g/mol. The van der Waals surface area contributed by atoms with Gasteiger partial charge in [0.05, 0.1) is 6.07 Å². The minimum Gasteiger partial charge on any atom is -0.299 e. The van der Waals surface area contributed by atoms with Crippen LogP contribution in [0.4, 0.5) is 0 Å². The van der Waals surface area contributed by atoms with Crippen molar-refractivity contribution in [2.24, 2.45) is 5.92 Å². The normalized spacial score (nSPS) is 17.5. The van der Waals surface area contributed by atoms with Gasteiger partial charge in [-0.1, -0.05) is 36.2 Å². The molecule has 1 aliphatic carbocycles. The zero-order valence-corrected chi connectivity index (χ0v) is 13.5. The number of nitriles is 1. The molecule has 0 amide bonds. The molecule has 0 bridgehead atoms. The molecule has 2 rings (SSSR count). The van der Waals surface area contributed by atoms with E-state index in [4.69, 9.17) is 0 Å². The van der Waals surface area contributed by atoms with Gasteiger partial charge in [-0.25, -0.2) is 0 Å². The summed E-state index contributed by atoms with van der Waals surface area (Å²) in [6.45, 7) is 7.24. The lowest BCUT2D eigenvalue weighted by atomic mass is 9.98. The molecule has 1 fully saturated rings. The predicted octanol–water partition coefficient (Wildman–Crippen LogP) is 3.82. The molecule has 0 aromatic heterocycles. The number of aryl methyl sites for hydroxylation is 2. The summed E-state index contributed by atoms with van der Waals surface area (Å²) in [5, 5.41) is 13.0. The minimum absolute atomic E-state index is 0.307. The Bertz CT molecular complexity index is 482. The highest BCUT2D eigenvalue weighted by Crippen LogP contribution is 2.41. The van der Waals surface area contributed by atoms with E-state index in [1.54, 1.807) is 0 Å². The van der Waals surface area contributed by atoms with Gasteiger partial charge in [-0.3, -0.25) is 5.32 Å². The van der Waals surface area contributed by atoms with Crippen LogP contribution >= 0.6 is 11.8 Å². The van der Waals surface area contributed by atoms with Crippen LogP contribution < -0.4 is 5.32 Å². The molecule has 1 unspecified atom stereocenters. The first-order chi connectivity index (χ1) is 9.59. The Morgan fingerprint density at radius 2 is 1.95 bits per heavy atom. The predicted molar refractivity (Wildman–Crippen MR) is 86.8 cm³/mol. The van der Waals surface area contributed by atoms with Gasteiger partial charge in [-0.05, 0) is 44.7 Å². The number of rotatable bonds is 7. The van der Waals surface area contributed by atoms with Gasteiger partial charge in [0, 0.05) is 11.5 Å². The van der Waals surface area contributed by atoms with Crippen molar-refractivity contribution < 1.29 is 0 Å². The zero-order valence-electron chi connectivity index (χ0n) is 12.7. The smallest absolute Gasteiger partial charge is 0.118 e. The van der Waals surface area contributed by atoms with Gasteiger partial charge >= 0.3 is 0 Å². The van der Waals surface area contributed by atoms with Crippen LogP contribution in [0.25, 0.3) is 0 Å². The molecule has 20 heavy (non-hydrogen) atoms. The third-order valence-electron chi connectivity index (χ3n) is 3.85. The molecule has 0 aliphatic heterocycles. The van der Waals surface area contributed by atoms with Crippen LogP contribution in [-0.2, 0) is 5.75 Å². The molecule has 1 atom stereocenters. The highest BCUT2D eigenvalue weighted by atomic mass is 32.2. The van der Waals surface area contributed by atoms with Crippen molar-refractivity contribution in [3.8, 4) is 6.07 Å². The zero-order chi connectivity index (χ0) is 14.6. The Labute approximate surface area is 127 Å². The van der Waals surface area contributed by atoms with E-state index in [-0.39, 0.29) is 5.54 Å². The van der Waals surface area contributed by atoms with E-state index in [0.29, 0.717) is 5.92 Å². The van der Waals surface area contributed by atoms with Crippen LogP contribution in [0.3, 0.4) is 0 Å². The largest absolute Gasteiger partial charge is 0.299 e. The Morgan fingerprint density at radius 1 is 1.30 bits per heavy atom. The van der Waals surface area contributed by atoms with Gasteiger partial charge in [0.1, 0.15) is 5.54 Å². The van der Waals surface area contributed by atoms with Gasteiger partial charge < -0.3 is 0 Å². The van der Waals surface area contributed by atoms with Crippen LogP contribution in [0.2, 0.25) is 0 Å². The summed E-state index contributed by atoms with van der Waals surface area (Å²) in [5.41, 5.74) is 3.70. The van der Waals surface area contributed by atoms with Crippen molar-refractivity contribution >= 4 is 11.8 Å². The molecule has 0 saturated heterocycles. The Hall–Kier alpha value is -0.980. The van der Waals surface area contributed by atoms with Gasteiger partial charge in [-0.2, -0.15) is 17.0 Å². The second-order valence-electron chi connectivity index (χ2n) is 5.88. The average Bonchev–Trinajstić information content (AvgIpc) is 3.21. The molecule has 1 saturated carbocycles. The number of benzene rings is 1. The van der Waals surface area contributed by atoms with Gasteiger partial charge in [0.15, 0.2) is 0 Å². The first-order valence-corrected chi connectivity index (χ1v) is 8.56. The maximum Gasteiger partial charge on any atom is 0.118 e. The molecule has 0 heterocycles. The van der Waals surface area contributed by atoms with Crippen molar-refractivity contribution in [3.63, 3.8) is 0 Å². The Balaban J connectivity index is 1.95. The maximum atomic E-state index is 9.58. The van der Waals surface area contributed by atoms with E-state index in [0.717, 1.165) is 18.1 Å². The fourth-order valence-corrected chi connectivity index (χ4v) is 4.08. The second kappa shape index (κ2) is 6.65. The van der Waals surface area contributed by atoms with Crippen LogP contribution in [-0.4, -0.2) is 17.8 Å². The molecule has 1 N–H and O–H groups in total. The molecule has 108 valence electrons. The molecule has 2 nitrogen and oxygen atoms in total. The first kappa shape index (κ1) is 15.4. The molecular weight excluding hydrogens is 264 g/mol. The van der Waals surface area contributed by atoms with Crippen molar-refractivity contribution in [2.75, 3.05) is 12.3 Å². The second-order valence-corrected chi connectivity index (χ2v) is 6.86. The highest BCUT2D eigenvalue weighted by molar-refractivity contribution is 7.98. The highest BCUT2D eigenvalue weighted by Gasteiger charge is 2.44. The topological polar surface area (TPSA) is 35.8 Å². The fourth-order valence-electron chi connectivity index (χ4n) is 2.85. The molecule has 0 radical (unpaired) electrons. The summed E-state index contributed by atoms with van der Waals surface area (Å²) < 4.78 is 0. The third kappa shape index (κ3) is 3.77. The van der Waals surface area contributed by atoms with Crippen molar-refractivity contribution in [3.05, 3.63) is 34.9 Å². The molecule has 3 heteroatoms. The van der Waals surface area contributed by atoms with E-state index < -0.39 is 0 Å². The summed E-state index contributed by atoms with van der Waals surface area (Å²) in [5.74, 6) is 2.43. The molecule has 1 aromatic carbocycles. The first-order valence-electron chi connectivity index (χ1n) is 7.41. The van der Waals surface area contributed by atoms with Crippen molar-refractivity contribution in [1.82, 2.24) is 5.32 Å². The molecule has 1 aromatic rings. The van der Waals surface area contributed by atoms with Crippen LogP contribution in [0.15, 0.2) is 18.2 Å². The molecular formula is C17H24N2S. The van der Waals surface area contributed by atoms with E-state index in [1.165, 1.54) is 29.5 Å². The lowest BCUT2D eigenvalue weighted by Gasteiger charge is -2.27. The van der Waals surface area contributed by atoms with Gasteiger partial charge in [0.25, 0.3) is 0 Å². The summed E-state index contributed by atoms with van der Waals surface area (Å²) in [6.07, 6.45) is 2.40. The summed E-state index contributed by atoms with van der Waals surface area (Å²) in [4.78, 5) is 0. The lowest BCUT2D eigenvalue weighted by molar-refractivity contribution is 0.416. The van der Waals surface area contributed by atoms with Gasteiger partial charge in [0.2, 0.25) is 0 Å². The van der Waals surface area contributed by atoms with E-state index in [9.17, 15) is 5.26 Å². The fraction of sp³-hybridized carbons (Fsp3) is 0.588.